The van der Waals surface area contributed by atoms with Crippen LogP contribution in [0.3, 0.4) is 0 Å². The molecule has 0 saturated carbocycles. The molecule has 0 heterocycles. The van der Waals surface area contributed by atoms with Gasteiger partial charge in [0.15, 0.2) is 0 Å². The second kappa shape index (κ2) is 11.0. The van der Waals surface area contributed by atoms with E-state index in [4.69, 9.17) is 0 Å². The first-order chi connectivity index (χ1) is 14.3. The second-order valence-electron chi connectivity index (χ2n) is 6.38. The molecule has 33 heavy (non-hydrogen) atoms. The first kappa shape index (κ1) is 29.8. The van der Waals surface area contributed by atoms with E-state index in [-0.39, 0.29) is 35.0 Å². The summed E-state index contributed by atoms with van der Waals surface area (Å²) >= 11 is 0. The zero-order valence-corrected chi connectivity index (χ0v) is 22.4. The maximum atomic E-state index is 11.6. The van der Waals surface area contributed by atoms with Crippen LogP contribution in [0.15, 0.2) is 87.5 Å². The summed E-state index contributed by atoms with van der Waals surface area (Å²) in [7, 11) is -15.9. The SMILES string of the molecule is O.O=S(=O)(O)c1cccc([PH+](c2cccc(S(=O)(=O)O)c2)c2cccc(S(=O)(=O)O)c2)c1.[Na+]. The van der Waals surface area contributed by atoms with E-state index in [2.05, 4.69) is 0 Å². The van der Waals surface area contributed by atoms with Crippen LogP contribution in [0, 0.1) is 0 Å². The monoisotopic (exact) mass is 544 g/mol. The number of benzene rings is 3. The van der Waals surface area contributed by atoms with Crippen LogP contribution in [0.25, 0.3) is 0 Å². The van der Waals surface area contributed by atoms with Crippen molar-refractivity contribution in [1.29, 1.82) is 0 Å². The minimum Gasteiger partial charge on any atom is -0.412 e. The molecule has 3 aromatic carbocycles. The molecule has 0 atom stereocenters. The molecule has 0 aromatic heterocycles. The first-order valence-electron chi connectivity index (χ1n) is 8.37. The quantitative estimate of drug-likeness (QED) is 0.166. The van der Waals surface area contributed by atoms with E-state index in [1.807, 2.05) is 0 Å². The Bertz CT molecular complexity index is 1290. The van der Waals surface area contributed by atoms with Gasteiger partial charge >= 0.3 is 29.6 Å². The summed E-state index contributed by atoms with van der Waals surface area (Å²) in [5, 5.41) is 1.13. The Kier molecular flexibility index (Phi) is 9.95. The molecule has 0 spiro atoms. The molecule has 0 saturated heterocycles. The minimum atomic E-state index is -4.54. The van der Waals surface area contributed by atoms with Gasteiger partial charge < -0.3 is 5.48 Å². The van der Waals surface area contributed by atoms with Crippen LogP contribution in [0.2, 0.25) is 0 Å². The molecule has 172 valence electrons. The summed E-state index contributed by atoms with van der Waals surface area (Å²) in [6.45, 7) is 0. The van der Waals surface area contributed by atoms with Crippen LogP contribution in [0.1, 0.15) is 0 Å². The van der Waals surface area contributed by atoms with Crippen LogP contribution in [0.4, 0.5) is 0 Å². The van der Waals surface area contributed by atoms with Gasteiger partial charge in [0, 0.05) is 18.2 Å². The molecule has 15 heteroatoms. The Morgan fingerprint density at radius 2 is 0.758 bits per heavy atom. The standard InChI is InChI=1S/C18H15O9PS3.Na.H2O/c19-29(20,21)16-7-1-4-13(10-16)28(14-5-2-8-17(11-14)30(22,23)24)15-6-3-9-18(12-15)31(25,26)27;;/h1-12H,(H,19,20,21)(H,22,23,24)(H,25,26,27);;1H2/q;+1;/p+1. The van der Waals surface area contributed by atoms with Crippen LogP contribution < -0.4 is 45.5 Å². The first-order valence-corrected chi connectivity index (χ1v) is 14.2. The third-order valence-electron chi connectivity index (χ3n) is 4.26. The third kappa shape index (κ3) is 7.38. The summed E-state index contributed by atoms with van der Waals surface area (Å²) in [4.78, 5) is -1.20. The molecular weight excluding hydrogens is 526 g/mol. The van der Waals surface area contributed by atoms with Crippen LogP contribution in [-0.2, 0) is 30.4 Å². The summed E-state index contributed by atoms with van der Waals surface area (Å²) in [6, 6.07) is 15.9. The van der Waals surface area contributed by atoms with Crippen molar-refractivity contribution in [2.45, 2.75) is 14.7 Å². The molecule has 0 aliphatic heterocycles. The summed E-state index contributed by atoms with van der Waals surface area (Å²) in [5.41, 5.74) is 0. The van der Waals surface area contributed by atoms with E-state index in [0.29, 0.717) is 15.9 Å². The molecule has 0 unspecified atom stereocenters. The molecular formula is C18H18NaO10PS3+2. The average molecular weight is 544 g/mol. The maximum Gasteiger partial charge on any atom is 1.00 e. The van der Waals surface area contributed by atoms with Crippen molar-refractivity contribution in [2.24, 2.45) is 0 Å². The number of hydrogen-bond acceptors (Lipinski definition) is 6. The van der Waals surface area contributed by atoms with E-state index < -0.39 is 53.0 Å². The van der Waals surface area contributed by atoms with Crippen molar-refractivity contribution in [3.8, 4) is 0 Å². The molecule has 0 bridgehead atoms. The van der Waals surface area contributed by atoms with E-state index in [1.54, 1.807) is 18.2 Å². The topological polar surface area (TPSA) is 195 Å². The van der Waals surface area contributed by atoms with E-state index in [0.717, 1.165) is 0 Å². The smallest absolute Gasteiger partial charge is 0.412 e. The van der Waals surface area contributed by atoms with E-state index >= 15 is 0 Å². The van der Waals surface area contributed by atoms with Gasteiger partial charge in [-0.2, -0.15) is 25.3 Å². The van der Waals surface area contributed by atoms with Gasteiger partial charge in [-0.1, -0.05) is 18.2 Å². The van der Waals surface area contributed by atoms with E-state index in [1.165, 1.54) is 54.6 Å². The van der Waals surface area contributed by atoms with Gasteiger partial charge in [0.25, 0.3) is 30.4 Å². The van der Waals surface area contributed by atoms with Crippen molar-refractivity contribution in [1.82, 2.24) is 0 Å². The molecule has 0 aliphatic carbocycles. The summed E-state index contributed by atoms with van der Waals surface area (Å²) in [5.74, 6) is 0. The average Bonchev–Trinajstić information content (AvgIpc) is 2.67. The van der Waals surface area contributed by atoms with Crippen molar-refractivity contribution in [3.05, 3.63) is 72.8 Å². The molecule has 3 rings (SSSR count). The Balaban J connectivity index is 0.00000272. The minimum absolute atomic E-state index is 0. The van der Waals surface area contributed by atoms with Gasteiger partial charge in [0.05, 0.1) is 22.6 Å². The molecule has 0 radical (unpaired) electrons. The van der Waals surface area contributed by atoms with Gasteiger partial charge in [-0.3, -0.25) is 13.7 Å². The van der Waals surface area contributed by atoms with Gasteiger partial charge in [0.1, 0.15) is 15.9 Å². The molecule has 0 fully saturated rings. The van der Waals surface area contributed by atoms with Crippen LogP contribution in [-0.4, -0.2) is 44.4 Å². The largest absolute Gasteiger partial charge is 1.00 e. The van der Waals surface area contributed by atoms with Crippen molar-refractivity contribution in [2.75, 3.05) is 0 Å². The van der Waals surface area contributed by atoms with E-state index in [9.17, 15) is 38.9 Å². The number of rotatable bonds is 6. The molecule has 10 nitrogen and oxygen atoms in total. The Morgan fingerprint density at radius 3 is 0.970 bits per heavy atom. The van der Waals surface area contributed by atoms with Crippen molar-refractivity contribution in [3.63, 3.8) is 0 Å². The maximum absolute atomic E-state index is 11.6. The van der Waals surface area contributed by atoms with Gasteiger partial charge in [-0.15, -0.1) is 0 Å². The van der Waals surface area contributed by atoms with Gasteiger partial charge in [0.2, 0.25) is 0 Å². The zero-order valence-electron chi connectivity index (χ0n) is 16.9. The molecule has 3 aromatic rings. The fourth-order valence-corrected chi connectivity index (χ4v) is 7.52. The van der Waals surface area contributed by atoms with Crippen LogP contribution >= 0.6 is 7.92 Å². The van der Waals surface area contributed by atoms with Gasteiger partial charge in [-0.05, 0) is 36.4 Å². The Labute approximate surface area is 214 Å². The molecule has 0 aliphatic rings. The fourth-order valence-electron chi connectivity index (χ4n) is 2.94. The van der Waals surface area contributed by atoms with Crippen molar-refractivity contribution >= 4 is 54.2 Å². The summed E-state index contributed by atoms with van der Waals surface area (Å²) < 4.78 is 97.8. The predicted molar refractivity (Wildman–Crippen MR) is 120 cm³/mol. The van der Waals surface area contributed by atoms with Crippen LogP contribution in [0.5, 0.6) is 0 Å². The third-order valence-corrected chi connectivity index (χ3v) is 9.48. The predicted octanol–water partition coefficient (Wildman–Crippen LogP) is -2.90. The fraction of sp³-hybridized carbons (Fsp3) is 0. The Morgan fingerprint density at radius 1 is 0.515 bits per heavy atom. The van der Waals surface area contributed by atoms with Gasteiger partial charge in [-0.25, -0.2) is 0 Å². The number of hydrogen-bond donors (Lipinski definition) is 3. The van der Waals surface area contributed by atoms with Crippen molar-refractivity contribution < 1.29 is 73.9 Å². The zero-order chi connectivity index (χ0) is 23.0. The normalized spacial score (nSPS) is 12.0. The summed E-state index contributed by atoms with van der Waals surface area (Å²) in [6.07, 6.45) is 0. The molecule has 0 amide bonds. The Hall–Kier alpha value is -1.22. The molecule has 5 N–H and O–H groups in total. The second-order valence-corrected chi connectivity index (χ2v) is 13.1.